The summed E-state index contributed by atoms with van der Waals surface area (Å²) in [5.41, 5.74) is 1.48. The number of phenols is 1. The lowest BCUT2D eigenvalue weighted by Crippen LogP contribution is -1.96. The largest absolute Gasteiger partial charge is 0.502 e. The summed E-state index contributed by atoms with van der Waals surface area (Å²) in [5.74, 6) is 1.78. The van der Waals surface area contributed by atoms with E-state index in [0.717, 1.165) is 11.3 Å². The normalized spacial score (nSPS) is 10.9. The maximum absolute atomic E-state index is 10.0. The second kappa shape index (κ2) is 7.92. The summed E-state index contributed by atoms with van der Waals surface area (Å²) in [4.78, 5) is 0. The highest BCUT2D eigenvalue weighted by atomic mass is 32.1. The van der Waals surface area contributed by atoms with E-state index in [0.29, 0.717) is 16.2 Å². The van der Waals surface area contributed by atoms with E-state index in [4.69, 9.17) is 26.4 Å². The molecule has 140 valence electrons. The molecule has 1 heterocycles. The Labute approximate surface area is 160 Å². The van der Waals surface area contributed by atoms with Crippen molar-refractivity contribution in [3.8, 4) is 34.4 Å². The molecule has 0 saturated carbocycles. The van der Waals surface area contributed by atoms with Gasteiger partial charge in [0.25, 0.3) is 0 Å². The zero-order valence-electron chi connectivity index (χ0n) is 15.0. The summed E-state index contributed by atoms with van der Waals surface area (Å²) in [6, 6.07) is 10.7. The lowest BCUT2D eigenvalue weighted by Gasteiger charge is -2.09. The van der Waals surface area contributed by atoms with Crippen LogP contribution in [0.3, 0.4) is 0 Å². The van der Waals surface area contributed by atoms with Crippen molar-refractivity contribution in [1.82, 2.24) is 14.9 Å². The van der Waals surface area contributed by atoms with E-state index < -0.39 is 0 Å². The first-order valence-corrected chi connectivity index (χ1v) is 8.29. The Morgan fingerprint density at radius 1 is 1.07 bits per heavy atom. The van der Waals surface area contributed by atoms with Gasteiger partial charge in [0.2, 0.25) is 10.5 Å². The molecule has 0 fully saturated rings. The number of ether oxygens (including phenoxy) is 3. The van der Waals surface area contributed by atoms with E-state index in [9.17, 15) is 5.11 Å². The number of aromatic nitrogens is 3. The first-order valence-electron chi connectivity index (χ1n) is 7.88. The van der Waals surface area contributed by atoms with Crippen molar-refractivity contribution in [2.24, 2.45) is 5.10 Å². The molecule has 0 atom stereocenters. The SMILES string of the molecule is COc1ccc(-c2n[nH]c(=S)n2/N=C\c2cc(OC)c(O)c(OC)c2)cc1. The van der Waals surface area contributed by atoms with Crippen LogP contribution in [0.1, 0.15) is 5.56 Å². The molecule has 0 saturated heterocycles. The molecule has 1 aromatic heterocycles. The van der Waals surface area contributed by atoms with E-state index in [1.54, 1.807) is 25.5 Å². The quantitative estimate of drug-likeness (QED) is 0.499. The van der Waals surface area contributed by atoms with Crippen molar-refractivity contribution in [2.45, 2.75) is 0 Å². The average Bonchev–Trinajstić information content (AvgIpc) is 3.07. The van der Waals surface area contributed by atoms with Crippen LogP contribution in [0.2, 0.25) is 0 Å². The van der Waals surface area contributed by atoms with Gasteiger partial charge in [-0.25, -0.2) is 5.10 Å². The summed E-state index contributed by atoms with van der Waals surface area (Å²) in [5, 5.41) is 21.4. The lowest BCUT2D eigenvalue weighted by atomic mass is 10.2. The third-order valence-electron chi connectivity index (χ3n) is 3.82. The van der Waals surface area contributed by atoms with E-state index >= 15 is 0 Å². The fourth-order valence-electron chi connectivity index (χ4n) is 2.44. The minimum atomic E-state index is -0.0732. The topological polar surface area (TPSA) is 93.9 Å². The third-order valence-corrected chi connectivity index (χ3v) is 4.09. The van der Waals surface area contributed by atoms with Crippen LogP contribution in [0.4, 0.5) is 0 Å². The minimum absolute atomic E-state index is 0.0732. The molecule has 3 rings (SSSR count). The standard InChI is InChI=1S/C18H18N4O4S/c1-24-13-6-4-12(5-7-13)17-20-21-18(27)22(17)19-10-11-8-14(25-2)16(23)15(9-11)26-3/h4-10,23H,1-3H3,(H,21,27)/b19-10-. The van der Waals surface area contributed by atoms with Crippen molar-refractivity contribution >= 4 is 18.4 Å². The summed E-state index contributed by atoms with van der Waals surface area (Å²) in [7, 11) is 4.53. The number of aromatic hydroxyl groups is 1. The highest BCUT2D eigenvalue weighted by molar-refractivity contribution is 7.71. The molecular weight excluding hydrogens is 368 g/mol. The Bertz CT molecular complexity index is 1000. The first-order chi connectivity index (χ1) is 13.1. The van der Waals surface area contributed by atoms with E-state index in [2.05, 4.69) is 15.3 Å². The van der Waals surface area contributed by atoms with Gasteiger partial charge in [-0.2, -0.15) is 14.9 Å². The maximum Gasteiger partial charge on any atom is 0.216 e. The van der Waals surface area contributed by atoms with Gasteiger partial charge in [0.15, 0.2) is 17.3 Å². The number of hydrogen-bond donors (Lipinski definition) is 2. The monoisotopic (exact) mass is 386 g/mol. The van der Waals surface area contributed by atoms with Crippen LogP contribution in [0.25, 0.3) is 11.4 Å². The summed E-state index contributed by atoms with van der Waals surface area (Å²) >= 11 is 5.27. The maximum atomic E-state index is 10.0. The van der Waals surface area contributed by atoms with Crippen molar-refractivity contribution < 1.29 is 19.3 Å². The Morgan fingerprint density at radius 3 is 2.26 bits per heavy atom. The highest BCUT2D eigenvalue weighted by Gasteiger charge is 2.11. The second-order valence-electron chi connectivity index (χ2n) is 5.41. The summed E-state index contributed by atoms with van der Waals surface area (Å²) in [6.45, 7) is 0. The fraction of sp³-hybridized carbons (Fsp3) is 0.167. The van der Waals surface area contributed by atoms with E-state index in [1.165, 1.54) is 18.9 Å². The Hall–Kier alpha value is -3.33. The van der Waals surface area contributed by atoms with Gasteiger partial charge in [-0.3, -0.25) is 0 Å². The highest BCUT2D eigenvalue weighted by Crippen LogP contribution is 2.36. The van der Waals surface area contributed by atoms with E-state index in [1.807, 2.05) is 24.3 Å². The molecule has 0 spiro atoms. The number of hydrogen-bond acceptors (Lipinski definition) is 7. The first kappa shape index (κ1) is 18.5. The number of nitrogens with zero attached hydrogens (tertiary/aromatic N) is 3. The van der Waals surface area contributed by atoms with Crippen LogP contribution < -0.4 is 14.2 Å². The second-order valence-corrected chi connectivity index (χ2v) is 5.80. The number of rotatable bonds is 6. The smallest absolute Gasteiger partial charge is 0.216 e. The Balaban J connectivity index is 1.99. The van der Waals surface area contributed by atoms with Gasteiger partial charge in [0.05, 0.1) is 27.5 Å². The number of nitrogens with one attached hydrogen (secondary N) is 1. The number of phenolic OH excluding ortho intramolecular Hbond substituents is 1. The molecule has 0 unspecified atom stereocenters. The predicted octanol–water partition coefficient (Wildman–Crippen LogP) is 3.22. The molecule has 8 nitrogen and oxygen atoms in total. The molecule has 0 aliphatic carbocycles. The molecular formula is C18H18N4O4S. The van der Waals surface area contributed by atoms with Crippen molar-refractivity contribution in [3.63, 3.8) is 0 Å². The van der Waals surface area contributed by atoms with Crippen LogP contribution in [0.15, 0.2) is 41.5 Å². The van der Waals surface area contributed by atoms with Gasteiger partial charge in [-0.1, -0.05) is 0 Å². The molecule has 0 aliphatic heterocycles. The van der Waals surface area contributed by atoms with Gasteiger partial charge < -0.3 is 19.3 Å². The van der Waals surface area contributed by atoms with Gasteiger partial charge in [-0.15, -0.1) is 0 Å². The Kier molecular flexibility index (Phi) is 5.41. The summed E-state index contributed by atoms with van der Waals surface area (Å²) in [6.07, 6.45) is 1.57. The van der Waals surface area contributed by atoms with Crippen LogP contribution in [0, 0.1) is 4.77 Å². The zero-order valence-corrected chi connectivity index (χ0v) is 15.8. The summed E-state index contributed by atoms with van der Waals surface area (Å²) < 4.78 is 17.3. The average molecular weight is 386 g/mol. The van der Waals surface area contributed by atoms with Crippen LogP contribution in [-0.2, 0) is 0 Å². The molecule has 27 heavy (non-hydrogen) atoms. The number of benzene rings is 2. The van der Waals surface area contributed by atoms with Gasteiger partial charge in [0, 0.05) is 11.1 Å². The van der Waals surface area contributed by atoms with Gasteiger partial charge >= 0.3 is 0 Å². The molecule has 9 heteroatoms. The van der Waals surface area contributed by atoms with Crippen molar-refractivity contribution in [3.05, 3.63) is 46.7 Å². The molecule has 2 aromatic carbocycles. The number of aromatic amines is 1. The fourth-order valence-corrected chi connectivity index (χ4v) is 2.62. The van der Waals surface area contributed by atoms with Crippen molar-refractivity contribution in [2.75, 3.05) is 21.3 Å². The zero-order chi connectivity index (χ0) is 19.4. The van der Waals surface area contributed by atoms with Crippen LogP contribution >= 0.6 is 12.2 Å². The van der Waals surface area contributed by atoms with Crippen molar-refractivity contribution in [1.29, 1.82) is 0 Å². The molecule has 0 amide bonds. The molecule has 3 aromatic rings. The number of methoxy groups -OCH3 is 3. The molecule has 0 bridgehead atoms. The minimum Gasteiger partial charge on any atom is -0.502 e. The van der Waals surface area contributed by atoms with Crippen LogP contribution in [0.5, 0.6) is 23.0 Å². The Morgan fingerprint density at radius 2 is 1.70 bits per heavy atom. The predicted molar refractivity (Wildman–Crippen MR) is 104 cm³/mol. The molecule has 0 aliphatic rings. The van der Waals surface area contributed by atoms with Gasteiger partial charge in [-0.05, 0) is 48.6 Å². The number of H-pyrrole nitrogens is 1. The third kappa shape index (κ3) is 3.77. The lowest BCUT2D eigenvalue weighted by molar-refractivity contribution is 0.340. The van der Waals surface area contributed by atoms with Gasteiger partial charge in [0.1, 0.15) is 5.75 Å². The van der Waals surface area contributed by atoms with Crippen LogP contribution in [-0.4, -0.2) is 47.5 Å². The molecule has 2 N–H and O–H groups in total. The molecule has 0 radical (unpaired) electrons. The van der Waals surface area contributed by atoms with E-state index in [-0.39, 0.29) is 17.2 Å².